The summed E-state index contributed by atoms with van der Waals surface area (Å²) >= 11 is 0. The van der Waals surface area contributed by atoms with Crippen molar-refractivity contribution in [1.29, 1.82) is 0 Å². The largest absolute Gasteiger partial charge is 0.481 e. The zero-order chi connectivity index (χ0) is 11.6. The molecule has 0 aromatic rings. The van der Waals surface area contributed by atoms with E-state index in [2.05, 4.69) is 13.8 Å². The minimum atomic E-state index is -0.586. The second-order valence-electron chi connectivity index (χ2n) is 6.98. The van der Waals surface area contributed by atoms with E-state index < -0.39 is 5.97 Å². The molecule has 4 saturated carbocycles. The highest BCUT2D eigenvalue weighted by Crippen LogP contribution is 2.70. The molecule has 0 amide bonds. The van der Waals surface area contributed by atoms with Crippen LogP contribution < -0.4 is 0 Å². The fraction of sp³-hybridized carbons (Fsp3) is 0.929. The number of fused-ring (bicyclic) bond motifs is 2. The van der Waals surface area contributed by atoms with Crippen molar-refractivity contribution in [2.24, 2.45) is 28.6 Å². The zero-order valence-corrected chi connectivity index (χ0v) is 10.3. The summed E-state index contributed by atoms with van der Waals surface area (Å²) in [6, 6.07) is 0. The maximum Gasteiger partial charge on any atom is 0.303 e. The third-order valence-electron chi connectivity index (χ3n) is 6.04. The number of aliphatic carboxylic acids is 1. The van der Waals surface area contributed by atoms with Crippen molar-refractivity contribution < 1.29 is 9.90 Å². The van der Waals surface area contributed by atoms with Gasteiger partial charge in [-0.3, -0.25) is 4.79 Å². The molecule has 90 valence electrons. The lowest BCUT2D eigenvalue weighted by atomic mass is 9.43. The van der Waals surface area contributed by atoms with Crippen LogP contribution in [0.5, 0.6) is 0 Å². The van der Waals surface area contributed by atoms with E-state index in [9.17, 15) is 4.79 Å². The molecule has 2 nitrogen and oxygen atoms in total. The van der Waals surface area contributed by atoms with Crippen molar-refractivity contribution in [3.05, 3.63) is 0 Å². The second-order valence-corrected chi connectivity index (χ2v) is 6.98. The first kappa shape index (κ1) is 10.6. The first-order valence-electron chi connectivity index (χ1n) is 6.67. The van der Waals surface area contributed by atoms with Crippen LogP contribution in [-0.4, -0.2) is 11.1 Å². The Hall–Kier alpha value is -0.530. The lowest BCUT2D eigenvalue weighted by Crippen LogP contribution is -2.54. The summed E-state index contributed by atoms with van der Waals surface area (Å²) in [5, 5.41) is 9.05. The first-order valence-corrected chi connectivity index (χ1v) is 6.67. The van der Waals surface area contributed by atoms with Crippen LogP contribution in [0.1, 0.15) is 52.4 Å². The molecular weight excluding hydrogens is 200 g/mol. The Morgan fingerprint density at radius 3 is 2.38 bits per heavy atom. The number of carboxylic acids is 1. The summed E-state index contributed by atoms with van der Waals surface area (Å²) in [4.78, 5) is 11.0. The van der Waals surface area contributed by atoms with E-state index in [1.165, 1.54) is 32.1 Å². The van der Waals surface area contributed by atoms with Crippen molar-refractivity contribution >= 4 is 5.97 Å². The number of hydrogen-bond acceptors (Lipinski definition) is 1. The maximum atomic E-state index is 11.0. The summed E-state index contributed by atoms with van der Waals surface area (Å²) < 4.78 is 0. The molecule has 3 unspecified atom stereocenters. The van der Waals surface area contributed by atoms with Gasteiger partial charge < -0.3 is 5.11 Å². The van der Waals surface area contributed by atoms with Crippen LogP contribution >= 0.6 is 0 Å². The highest BCUT2D eigenvalue weighted by atomic mass is 16.4. The molecular formula is C14H22O2. The highest BCUT2D eigenvalue weighted by Gasteiger charge is 2.62. The number of carbonyl (C=O) groups is 1. The smallest absolute Gasteiger partial charge is 0.303 e. The van der Waals surface area contributed by atoms with Crippen molar-refractivity contribution in [2.75, 3.05) is 0 Å². The summed E-state index contributed by atoms with van der Waals surface area (Å²) in [7, 11) is 0. The molecule has 4 aliphatic carbocycles. The molecule has 4 fully saturated rings. The van der Waals surface area contributed by atoms with Gasteiger partial charge >= 0.3 is 5.97 Å². The Labute approximate surface area is 97.4 Å². The number of carboxylic acid groups (broad SMARTS) is 1. The van der Waals surface area contributed by atoms with E-state index in [4.69, 9.17) is 5.11 Å². The third kappa shape index (κ3) is 1.28. The minimum absolute atomic E-state index is 0.208. The van der Waals surface area contributed by atoms with Crippen LogP contribution in [0, 0.1) is 28.6 Å². The zero-order valence-electron chi connectivity index (χ0n) is 10.3. The minimum Gasteiger partial charge on any atom is -0.481 e. The molecule has 2 bridgehead atoms. The predicted molar refractivity (Wildman–Crippen MR) is 62.0 cm³/mol. The molecule has 0 radical (unpaired) electrons. The predicted octanol–water partition coefficient (Wildman–Crippen LogP) is 3.31. The van der Waals surface area contributed by atoms with Crippen molar-refractivity contribution in [3.8, 4) is 0 Å². The van der Waals surface area contributed by atoms with Gasteiger partial charge in [0.05, 0.1) is 6.42 Å². The van der Waals surface area contributed by atoms with Gasteiger partial charge in [-0.05, 0) is 60.7 Å². The van der Waals surface area contributed by atoms with Gasteiger partial charge in [0.15, 0.2) is 0 Å². The van der Waals surface area contributed by atoms with Crippen LogP contribution in [-0.2, 0) is 4.79 Å². The summed E-state index contributed by atoms with van der Waals surface area (Å²) in [5.41, 5.74) is 0.705. The van der Waals surface area contributed by atoms with Crippen LogP contribution in [0.2, 0.25) is 0 Å². The van der Waals surface area contributed by atoms with Gasteiger partial charge in [-0.2, -0.15) is 0 Å². The molecule has 0 saturated heterocycles. The Bertz CT molecular complexity index is 326. The Balaban J connectivity index is 1.78. The summed E-state index contributed by atoms with van der Waals surface area (Å²) in [6.45, 7) is 4.80. The quantitative estimate of drug-likeness (QED) is 0.795. The van der Waals surface area contributed by atoms with Crippen molar-refractivity contribution in [1.82, 2.24) is 0 Å². The maximum absolute atomic E-state index is 11.0. The number of rotatable bonds is 3. The molecule has 0 aromatic heterocycles. The van der Waals surface area contributed by atoms with E-state index in [1.807, 2.05) is 0 Å². The molecule has 16 heavy (non-hydrogen) atoms. The summed E-state index contributed by atoms with van der Waals surface area (Å²) in [5.74, 6) is 1.86. The first-order chi connectivity index (χ1) is 7.46. The molecule has 0 spiro atoms. The lowest BCUT2D eigenvalue weighted by molar-refractivity contribution is -0.147. The van der Waals surface area contributed by atoms with Crippen LogP contribution in [0.25, 0.3) is 0 Å². The van der Waals surface area contributed by atoms with Gasteiger partial charge in [0, 0.05) is 0 Å². The van der Waals surface area contributed by atoms with E-state index in [-0.39, 0.29) is 5.41 Å². The van der Waals surface area contributed by atoms with Crippen molar-refractivity contribution in [2.45, 2.75) is 52.4 Å². The van der Waals surface area contributed by atoms with Gasteiger partial charge in [-0.1, -0.05) is 13.8 Å². The SMILES string of the molecule is CC1(C)C2CCC(C3(CC(=O)O)CC3)C1C2. The molecule has 1 N–H and O–H groups in total. The van der Waals surface area contributed by atoms with Crippen molar-refractivity contribution in [3.63, 3.8) is 0 Å². The third-order valence-corrected chi connectivity index (χ3v) is 6.04. The lowest BCUT2D eigenvalue weighted by Gasteiger charge is -2.62. The van der Waals surface area contributed by atoms with E-state index in [0.717, 1.165) is 11.8 Å². The van der Waals surface area contributed by atoms with Crippen LogP contribution in [0.4, 0.5) is 0 Å². The van der Waals surface area contributed by atoms with E-state index >= 15 is 0 Å². The molecule has 0 aliphatic heterocycles. The van der Waals surface area contributed by atoms with Gasteiger partial charge in [0.2, 0.25) is 0 Å². The number of hydrogen-bond donors (Lipinski definition) is 1. The summed E-state index contributed by atoms with van der Waals surface area (Å²) in [6.07, 6.45) is 6.78. The molecule has 4 aliphatic rings. The average molecular weight is 222 g/mol. The van der Waals surface area contributed by atoms with Gasteiger partial charge in [-0.15, -0.1) is 0 Å². The Morgan fingerprint density at radius 2 is 1.94 bits per heavy atom. The molecule has 0 heterocycles. The topological polar surface area (TPSA) is 37.3 Å². The molecule has 2 heteroatoms. The molecule has 3 atom stereocenters. The Morgan fingerprint density at radius 1 is 1.25 bits per heavy atom. The van der Waals surface area contributed by atoms with Crippen LogP contribution in [0.15, 0.2) is 0 Å². The normalized spacial score (nSPS) is 42.2. The van der Waals surface area contributed by atoms with E-state index in [1.54, 1.807) is 0 Å². The average Bonchev–Trinajstić information content (AvgIpc) is 2.97. The highest BCUT2D eigenvalue weighted by molar-refractivity contribution is 5.68. The standard InChI is InChI=1S/C14H22O2/c1-13(2)9-3-4-10(11(13)7-9)14(5-6-14)8-12(15)16/h9-11H,3-8H2,1-2H3,(H,15,16). The Kier molecular flexibility index (Phi) is 2.01. The van der Waals surface area contributed by atoms with Gasteiger partial charge in [0.1, 0.15) is 0 Å². The fourth-order valence-corrected chi connectivity index (χ4v) is 4.68. The van der Waals surface area contributed by atoms with Crippen LogP contribution in [0.3, 0.4) is 0 Å². The fourth-order valence-electron chi connectivity index (χ4n) is 4.68. The molecule has 0 aromatic carbocycles. The second kappa shape index (κ2) is 3.02. The van der Waals surface area contributed by atoms with Gasteiger partial charge in [-0.25, -0.2) is 0 Å². The molecule has 4 rings (SSSR count). The van der Waals surface area contributed by atoms with Gasteiger partial charge in [0.25, 0.3) is 0 Å². The van der Waals surface area contributed by atoms with E-state index in [0.29, 0.717) is 17.8 Å². The monoisotopic (exact) mass is 222 g/mol.